The second-order valence-corrected chi connectivity index (χ2v) is 7.83. The van der Waals surface area contributed by atoms with Crippen molar-refractivity contribution in [2.75, 3.05) is 0 Å². The summed E-state index contributed by atoms with van der Waals surface area (Å²) < 4.78 is 7.42. The highest BCUT2D eigenvalue weighted by Crippen LogP contribution is 2.32. The Balaban J connectivity index is 1.72. The first-order valence-corrected chi connectivity index (χ1v) is 10.1. The lowest BCUT2D eigenvalue weighted by Gasteiger charge is -2.10. The summed E-state index contributed by atoms with van der Waals surface area (Å²) in [5.74, 6) is 1.93. The van der Waals surface area contributed by atoms with Gasteiger partial charge in [0.25, 0.3) is 0 Å². The second-order valence-electron chi connectivity index (χ2n) is 5.63. The van der Waals surface area contributed by atoms with Crippen LogP contribution in [0.4, 0.5) is 0 Å². The minimum atomic E-state index is 0.460. The fourth-order valence-electron chi connectivity index (χ4n) is 2.51. The summed E-state index contributed by atoms with van der Waals surface area (Å²) in [5.41, 5.74) is 1.94. The van der Waals surface area contributed by atoms with Crippen molar-refractivity contribution in [2.24, 2.45) is 0 Å². The van der Waals surface area contributed by atoms with E-state index in [4.69, 9.17) is 39.2 Å². The van der Waals surface area contributed by atoms with Gasteiger partial charge in [0, 0.05) is 10.8 Å². The Kier molecular flexibility index (Phi) is 5.45. The van der Waals surface area contributed by atoms with Crippen molar-refractivity contribution >= 4 is 46.6 Å². The zero-order chi connectivity index (χ0) is 18.8. The van der Waals surface area contributed by atoms with E-state index in [1.165, 1.54) is 0 Å². The molecule has 0 aliphatic heterocycles. The molecule has 0 aliphatic rings. The molecule has 2 aromatic carbocycles. The van der Waals surface area contributed by atoms with Gasteiger partial charge in [-0.05, 0) is 48.0 Å². The van der Waals surface area contributed by atoms with Crippen molar-refractivity contribution in [3.05, 3.63) is 81.5 Å². The highest BCUT2D eigenvalue weighted by molar-refractivity contribution is 7.98. The van der Waals surface area contributed by atoms with Gasteiger partial charge < -0.3 is 4.42 Å². The molecule has 0 aliphatic carbocycles. The molecule has 2 heterocycles. The van der Waals surface area contributed by atoms with E-state index < -0.39 is 0 Å². The monoisotopic (exact) mass is 435 g/mol. The van der Waals surface area contributed by atoms with E-state index >= 15 is 0 Å². The zero-order valence-corrected chi connectivity index (χ0v) is 16.9. The van der Waals surface area contributed by atoms with Crippen LogP contribution in [0, 0.1) is 0 Å². The molecule has 2 aromatic heterocycles. The first kappa shape index (κ1) is 18.4. The van der Waals surface area contributed by atoms with Crippen molar-refractivity contribution in [3.63, 3.8) is 0 Å². The van der Waals surface area contributed by atoms with Gasteiger partial charge in [0.1, 0.15) is 0 Å². The topological polar surface area (TPSA) is 43.9 Å². The molecule has 4 nitrogen and oxygen atoms in total. The minimum absolute atomic E-state index is 0.460. The molecule has 4 rings (SSSR count). The fraction of sp³-hybridized carbons (Fsp3) is 0.0526. The van der Waals surface area contributed by atoms with Crippen LogP contribution in [0.5, 0.6) is 0 Å². The number of rotatable bonds is 5. The summed E-state index contributed by atoms with van der Waals surface area (Å²) in [5, 5.41) is 11.0. The average molecular weight is 437 g/mol. The zero-order valence-electron chi connectivity index (χ0n) is 13.8. The summed E-state index contributed by atoms with van der Waals surface area (Å²) >= 11 is 19.8. The summed E-state index contributed by atoms with van der Waals surface area (Å²) in [6.07, 6.45) is 1.60. The maximum absolute atomic E-state index is 6.22. The van der Waals surface area contributed by atoms with Crippen molar-refractivity contribution in [1.82, 2.24) is 14.8 Å². The Labute approximate surface area is 175 Å². The van der Waals surface area contributed by atoms with Crippen molar-refractivity contribution in [2.45, 2.75) is 10.9 Å². The lowest BCUT2D eigenvalue weighted by atomic mass is 10.2. The molecule has 0 bridgehead atoms. The second kappa shape index (κ2) is 7.98. The summed E-state index contributed by atoms with van der Waals surface area (Å²) in [6, 6.07) is 16.8. The van der Waals surface area contributed by atoms with Crippen LogP contribution < -0.4 is 0 Å². The number of aromatic nitrogens is 3. The molecule has 0 amide bonds. The maximum atomic E-state index is 6.22. The normalized spacial score (nSPS) is 11.1. The first-order chi connectivity index (χ1) is 13.1. The Morgan fingerprint density at radius 2 is 1.74 bits per heavy atom. The highest BCUT2D eigenvalue weighted by Gasteiger charge is 2.18. The van der Waals surface area contributed by atoms with E-state index in [2.05, 4.69) is 10.2 Å². The molecule has 136 valence electrons. The van der Waals surface area contributed by atoms with Gasteiger partial charge >= 0.3 is 0 Å². The third-order valence-corrected chi connectivity index (χ3v) is 5.81. The molecule has 4 aromatic rings. The van der Waals surface area contributed by atoms with Crippen LogP contribution >= 0.6 is 46.6 Å². The van der Waals surface area contributed by atoms with Gasteiger partial charge in [-0.1, -0.05) is 58.7 Å². The number of hydrogen-bond acceptors (Lipinski definition) is 4. The molecule has 0 saturated heterocycles. The Bertz CT molecular complexity index is 1060. The van der Waals surface area contributed by atoms with E-state index in [9.17, 15) is 0 Å². The van der Waals surface area contributed by atoms with Crippen LogP contribution in [0.3, 0.4) is 0 Å². The molecule has 0 fully saturated rings. The molecular weight excluding hydrogens is 425 g/mol. The standard InChI is InChI=1S/C19H12Cl3N3OS/c20-13-5-3-12(4-6-13)11-27-19-24-23-18(17-2-1-9-26-17)25(19)14-7-8-15(21)16(22)10-14/h1-10H,11H2. The van der Waals surface area contributed by atoms with Gasteiger partial charge in [-0.3, -0.25) is 4.57 Å². The van der Waals surface area contributed by atoms with Gasteiger partial charge in [0.05, 0.1) is 22.0 Å². The molecule has 0 unspecified atom stereocenters. The Hall–Kier alpha value is -1.92. The fourth-order valence-corrected chi connectivity index (χ4v) is 3.84. The van der Waals surface area contributed by atoms with E-state index in [-0.39, 0.29) is 0 Å². The van der Waals surface area contributed by atoms with Gasteiger partial charge in [-0.25, -0.2) is 0 Å². The summed E-state index contributed by atoms with van der Waals surface area (Å²) in [6.45, 7) is 0. The average Bonchev–Trinajstić information content (AvgIpc) is 3.33. The third-order valence-electron chi connectivity index (χ3n) is 3.82. The number of hydrogen-bond donors (Lipinski definition) is 0. The smallest absolute Gasteiger partial charge is 0.205 e. The van der Waals surface area contributed by atoms with E-state index in [1.807, 2.05) is 47.0 Å². The van der Waals surface area contributed by atoms with Crippen molar-refractivity contribution in [1.29, 1.82) is 0 Å². The van der Waals surface area contributed by atoms with Crippen molar-refractivity contribution in [3.8, 4) is 17.3 Å². The number of thioether (sulfide) groups is 1. The molecular formula is C19H12Cl3N3OS. The number of halogens is 3. The van der Waals surface area contributed by atoms with Crippen molar-refractivity contribution < 1.29 is 4.42 Å². The van der Waals surface area contributed by atoms with Crippen LogP contribution in [-0.2, 0) is 5.75 Å². The van der Waals surface area contributed by atoms with Crippen LogP contribution in [0.2, 0.25) is 15.1 Å². The Morgan fingerprint density at radius 1 is 0.926 bits per heavy atom. The quantitative estimate of drug-likeness (QED) is 0.323. The van der Waals surface area contributed by atoms with Gasteiger partial charge in [-0.2, -0.15) is 0 Å². The number of nitrogens with zero attached hydrogens (tertiary/aromatic N) is 3. The molecule has 0 spiro atoms. The van der Waals surface area contributed by atoms with Crippen LogP contribution in [0.25, 0.3) is 17.3 Å². The molecule has 8 heteroatoms. The van der Waals surface area contributed by atoms with Gasteiger partial charge in [0.2, 0.25) is 5.82 Å². The van der Waals surface area contributed by atoms with Gasteiger partial charge in [-0.15, -0.1) is 10.2 Å². The van der Waals surface area contributed by atoms with E-state index in [0.29, 0.717) is 26.7 Å². The predicted octanol–water partition coefficient (Wildman–Crippen LogP) is 6.78. The highest BCUT2D eigenvalue weighted by atomic mass is 35.5. The van der Waals surface area contributed by atoms with Crippen LogP contribution in [-0.4, -0.2) is 14.8 Å². The first-order valence-electron chi connectivity index (χ1n) is 7.94. The SMILES string of the molecule is Clc1ccc(CSc2nnc(-c3ccco3)n2-c2ccc(Cl)c(Cl)c2)cc1. The maximum Gasteiger partial charge on any atom is 0.205 e. The molecule has 0 atom stereocenters. The largest absolute Gasteiger partial charge is 0.461 e. The Morgan fingerprint density at radius 3 is 2.44 bits per heavy atom. The van der Waals surface area contributed by atoms with Crippen LogP contribution in [0.1, 0.15) is 5.56 Å². The van der Waals surface area contributed by atoms with Gasteiger partial charge in [0.15, 0.2) is 10.9 Å². The van der Waals surface area contributed by atoms with Crippen LogP contribution in [0.15, 0.2) is 70.4 Å². The summed E-state index contributed by atoms with van der Waals surface area (Å²) in [7, 11) is 0. The lowest BCUT2D eigenvalue weighted by Crippen LogP contribution is -1.99. The molecule has 27 heavy (non-hydrogen) atoms. The van der Waals surface area contributed by atoms with E-state index in [1.54, 1.807) is 30.2 Å². The third kappa shape index (κ3) is 4.01. The summed E-state index contributed by atoms with van der Waals surface area (Å²) in [4.78, 5) is 0. The van der Waals surface area contributed by atoms with E-state index in [0.717, 1.165) is 22.2 Å². The number of benzene rings is 2. The minimum Gasteiger partial charge on any atom is -0.461 e. The molecule has 0 saturated carbocycles. The molecule has 0 N–H and O–H groups in total. The molecule has 0 radical (unpaired) electrons. The lowest BCUT2D eigenvalue weighted by molar-refractivity contribution is 0.575. The number of furan rings is 1. The predicted molar refractivity (Wildman–Crippen MR) is 110 cm³/mol.